The van der Waals surface area contributed by atoms with Gasteiger partial charge in [-0.05, 0) is 18.2 Å². The highest BCUT2D eigenvalue weighted by Crippen LogP contribution is 2.10. The number of carbonyl (C=O) groups is 1. The summed E-state index contributed by atoms with van der Waals surface area (Å²) in [6, 6.07) is 6.11. The summed E-state index contributed by atoms with van der Waals surface area (Å²) in [5.74, 6) is -0.813. The molecule has 0 fully saturated rings. The summed E-state index contributed by atoms with van der Waals surface area (Å²) in [4.78, 5) is 14.1. The van der Waals surface area contributed by atoms with Gasteiger partial charge in [0.15, 0.2) is 0 Å². The molecular formula is C8H9ClO4. The molecule has 0 spiro atoms. The second kappa shape index (κ2) is 6.42. The van der Waals surface area contributed by atoms with Gasteiger partial charge in [-0.25, -0.2) is 4.79 Å². The molecule has 0 aliphatic rings. The molecular weight excluding hydrogens is 196 g/mol. The van der Waals surface area contributed by atoms with Crippen molar-refractivity contribution >= 4 is 17.6 Å². The summed E-state index contributed by atoms with van der Waals surface area (Å²) in [5.41, 5.74) is 0.222. The fraction of sp³-hybridized carbons (Fsp3) is 0.125. The molecule has 1 rings (SSSR count). The van der Waals surface area contributed by atoms with Crippen LogP contribution in [0.1, 0.15) is 10.4 Å². The van der Waals surface area contributed by atoms with E-state index in [4.69, 9.17) is 22.0 Å². The Kier molecular flexibility index (Phi) is 5.88. The molecule has 0 radical (unpaired) electrons. The zero-order chi connectivity index (χ0) is 10.3. The van der Waals surface area contributed by atoms with Crippen LogP contribution in [-0.2, 0) is 4.89 Å². The summed E-state index contributed by atoms with van der Waals surface area (Å²) in [6.45, 7) is 0. The zero-order valence-electron chi connectivity index (χ0n) is 6.90. The Labute approximate surface area is 80.3 Å². The van der Waals surface area contributed by atoms with Crippen molar-refractivity contribution in [2.45, 2.75) is 0 Å². The van der Waals surface area contributed by atoms with Crippen LogP contribution in [0.15, 0.2) is 24.3 Å². The number of hydrogen-bond donors (Lipinski definition) is 2. The highest BCUT2D eigenvalue weighted by molar-refractivity contribution is 6.30. The van der Waals surface area contributed by atoms with E-state index >= 15 is 0 Å². The first-order valence-corrected chi connectivity index (χ1v) is 3.68. The molecule has 13 heavy (non-hydrogen) atoms. The molecule has 0 heterocycles. The standard InChI is InChI=1S/C7H5ClO3.CH4O/c8-6-3-1-2-5(4-6)7(9)11-10;1-2/h1-4,10H;2H,1H3. The van der Waals surface area contributed by atoms with Crippen LogP contribution in [-0.4, -0.2) is 23.4 Å². The third-order valence-electron chi connectivity index (χ3n) is 1.14. The molecule has 0 unspecified atom stereocenters. The van der Waals surface area contributed by atoms with E-state index in [-0.39, 0.29) is 5.56 Å². The smallest absolute Gasteiger partial charge is 0.372 e. The molecule has 0 amide bonds. The molecule has 0 saturated heterocycles. The van der Waals surface area contributed by atoms with Gasteiger partial charge in [0.2, 0.25) is 0 Å². The average molecular weight is 205 g/mol. The van der Waals surface area contributed by atoms with Gasteiger partial charge in [0, 0.05) is 12.1 Å². The quantitative estimate of drug-likeness (QED) is 0.538. The van der Waals surface area contributed by atoms with Gasteiger partial charge in [0.05, 0.1) is 5.56 Å². The maximum absolute atomic E-state index is 10.6. The first kappa shape index (κ1) is 11.9. The lowest BCUT2D eigenvalue weighted by molar-refractivity contribution is -0.182. The van der Waals surface area contributed by atoms with E-state index in [9.17, 15) is 4.79 Å². The van der Waals surface area contributed by atoms with Crippen LogP contribution >= 0.6 is 11.6 Å². The molecule has 4 nitrogen and oxygen atoms in total. The van der Waals surface area contributed by atoms with Gasteiger partial charge in [-0.1, -0.05) is 17.7 Å². The molecule has 5 heteroatoms. The number of hydrogen-bond acceptors (Lipinski definition) is 4. The molecule has 72 valence electrons. The maximum atomic E-state index is 10.6. The molecule has 0 aromatic heterocycles. The molecule has 0 saturated carbocycles. The number of halogens is 1. The third kappa shape index (κ3) is 3.89. The lowest BCUT2D eigenvalue weighted by atomic mass is 10.2. The van der Waals surface area contributed by atoms with Crippen molar-refractivity contribution in [3.8, 4) is 0 Å². The fourth-order valence-corrected chi connectivity index (χ4v) is 0.858. The topological polar surface area (TPSA) is 66.8 Å². The lowest BCUT2D eigenvalue weighted by Gasteiger charge is -1.95. The minimum Gasteiger partial charge on any atom is -0.400 e. The second-order valence-electron chi connectivity index (χ2n) is 1.89. The summed E-state index contributed by atoms with van der Waals surface area (Å²) in [5, 5.41) is 15.4. The van der Waals surface area contributed by atoms with Gasteiger partial charge in [0.25, 0.3) is 0 Å². The molecule has 0 aliphatic heterocycles. The molecule has 1 aromatic carbocycles. The summed E-state index contributed by atoms with van der Waals surface area (Å²) in [7, 11) is 1.00. The highest BCUT2D eigenvalue weighted by atomic mass is 35.5. The molecule has 0 atom stereocenters. The first-order valence-electron chi connectivity index (χ1n) is 3.30. The Morgan fingerprint density at radius 3 is 2.54 bits per heavy atom. The van der Waals surface area contributed by atoms with E-state index in [1.54, 1.807) is 12.1 Å². The van der Waals surface area contributed by atoms with Crippen molar-refractivity contribution in [2.75, 3.05) is 7.11 Å². The van der Waals surface area contributed by atoms with Gasteiger partial charge < -0.3 is 5.11 Å². The molecule has 1 aromatic rings. The van der Waals surface area contributed by atoms with E-state index in [0.717, 1.165) is 7.11 Å². The second-order valence-corrected chi connectivity index (χ2v) is 2.33. The Morgan fingerprint density at radius 2 is 2.08 bits per heavy atom. The van der Waals surface area contributed by atoms with Crippen LogP contribution in [0.4, 0.5) is 0 Å². The van der Waals surface area contributed by atoms with Crippen molar-refractivity contribution in [3.63, 3.8) is 0 Å². The van der Waals surface area contributed by atoms with Crippen molar-refractivity contribution in [1.82, 2.24) is 0 Å². The van der Waals surface area contributed by atoms with Crippen molar-refractivity contribution in [2.24, 2.45) is 0 Å². The van der Waals surface area contributed by atoms with Crippen LogP contribution in [0.3, 0.4) is 0 Å². The Balaban J connectivity index is 0.000000671. The number of rotatable bonds is 1. The fourth-order valence-electron chi connectivity index (χ4n) is 0.668. The van der Waals surface area contributed by atoms with E-state index < -0.39 is 5.97 Å². The van der Waals surface area contributed by atoms with E-state index in [1.165, 1.54) is 12.1 Å². The molecule has 2 N–H and O–H groups in total. The minimum absolute atomic E-state index is 0.222. The first-order chi connectivity index (χ1) is 6.24. The van der Waals surface area contributed by atoms with Gasteiger partial charge in [-0.15, -0.1) is 0 Å². The van der Waals surface area contributed by atoms with Gasteiger partial charge >= 0.3 is 5.97 Å². The van der Waals surface area contributed by atoms with Crippen molar-refractivity contribution in [3.05, 3.63) is 34.9 Å². The monoisotopic (exact) mass is 204 g/mol. The number of aliphatic hydroxyl groups is 1. The van der Waals surface area contributed by atoms with Gasteiger partial charge in [0.1, 0.15) is 0 Å². The van der Waals surface area contributed by atoms with Crippen LogP contribution in [0, 0.1) is 0 Å². The SMILES string of the molecule is CO.O=C(OO)c1cccc(Cl)c1. The Hall–Kier alpha value is -1.10. The predicted molar refractivity (Wildman–Crippen MR) is 47.6 cm³/mol. The Morgan fingerprint density at radius 1 is 1.46 bits per heavy atom. The van der Waals surface area contributed by atoms with E-state index in [2.05, 4.69) is 4.89 Å². The average Bonchev–Trinajstić information content (AvgIpc) is 2.20. The maximum Gasteiger partial charge on any atom is 0.372 e. The van der Waals surface area contributed by atoms with E-state index in [1.807, 2.05) is 0 Å². The largest absolute Gasteiger partial charge is 0.400 e. The summed E-state index contributed by atoms with van der Waals surface area (Å²) >= 11 is 5.56. The predicted octanol–water partition coefficient (Wildman–Crippen LogP) is 1.58. The highest BCUT2D eigenvalue weighted by Gasteiger charge is 2.05. The number of carbonyl (C=O) groups excluding carboxylic acids is 1. The lowest BCUT2D eigenvalue weighted by Crippen LogP contribution is -2.00. The van der Waals surface area contributed by atoms with Crippen LogP contribution in [0.2, 0.25) is 5.02 Å². The minimum atomic E-state index is -0.813. The summed E-state index contributed by atoms with van der Waals surface area (Å²) < 4.78 is 0. The van der Waals surface area contributed by atoms with Gasteiger partial charge in [-0.2, -0.15) is 5.26 Å². The number of benzene rings is 1. The van der Waals surface area contributed by atoms with E-state index in [0.29, 0.717) is 5.02 Å². The van der Waals surface area contributed by atoms with Crippen LogP contribution in [0.25, 0.3) is 0 Å². The Bertz CT molecular complexity index is 275. The van der Waals surface area contributed by atoms with Crippen molar-refractivity contribution < 1.29 is 20.0 Å². The number of aliphatic hydroxyl groups excluding tert-OH is 1. The zero-order valence-corrected chi connectivity index (χ0v) is 7.65. The normalized spacial score (nSPS) is 8.31. The van der Waals surface area contributed by atoms with Crippen molar-refractivity contribution in [1.29, 1.82) is 0 Å². The molecule has 0 aliphatic carbocycles. The van der Waals surface area contributed by atoms with Crippen LogP contribution < -0.4 is 0 Å². The summed E-state index contributed by atoms with van der Waals surface area (Å²) in [6.07, 6.45) is 0. The molecule has 0 bridgehead atoms. The van der Waals surface area contributed by atoms with Gasteiger partial charge in [-0.3, -0.25) is 4.89 Å². The third-order valence-corrected chi connectivity index (χ3v) is 1.38. The van der Waals surface area contributed by atoms with Crippen LogP contribution in [0.5, 0.6) is 0 Å².